The van der Waals surface area contributed by atoms with Gasteiger partial charge in [0, 0.05) is 31.5 Å². The molecule has 0 saturated heterocycles. The van der Waals surface area contributed by atoms with Crippen molar-refractivity contribution in [1.82, 2.24) is 9.13 Å². The van der Waals surface area contributed by atoms with Gasteiger partial charge in [0.1, 0.15) is 11.3 Å². The molecule has 1 saturated carbocycles. The Labute approximate surface area is 161 Å². The minimum Gasteiger partial charge on any atom is -0.506 e. The van der Waals surface area contributed by atoms with E-state index in [9.17, 15) is 24.3 Å². The van der Waals surface area contributed by atoms with Crippen molar-refractivity contribution in [2.75, 3.05) is 0 Å². The van der Waals surface area contributed by atoms with Gasteiger partial charge in [0.15, 0.2) is 11.6 Å². The van der Waals surface area contributed by atoms with Crippen LogP contribution in [0.2, 0.25) is 0 Å². The molecule has 1 fully saturated rings. The summed E-state index contributed by atoms with van der Waals surface area (Å²) >= 11 is 0. The van der Waals surface area contributed by atoms with E-state index in [2.05, 4.69) is 0 Å². The molecule has 3 rings (SSSR count). The number of benzene rings is 1. The number of hydrogen-bond donors (Lipinski definition) is 1. The lowest BCUT2D eigenvalue weighted by atomic mass is 9.88. The molecule has 1 aromatic carbocycles. The van der Waals surface area contributed by atoms with Crippen molar-refractivity contribution < 1.29 is 14.7 Å². The number of aryl methyl sites for hydroxylation is 2. The molecule has 148 valence electrons. The molecule has 0 aliphatic heterocycles. The number of allylic oxidation sites excluding steroid dienone is 1. The highest BCUT2D eigenvalue weighted by atomic mass is 16.3. The number of carbonyl (C=O) groups is 2. The molecule has 0 atom stereocenters. The van der Waals surface area contributed by atoms with Gasteiger partial charge in [0.2, 0.25) is 0 Å². The van der Waals surface area contributed by atoms with Crippen LogP contribution in [0.1, 0.15) is 50.7 Å². The third-order valence-corrected chi connectivity index (χ3v) is 5.28. The molecule has 1 heterocycles. The molecule has 0 bridgehead atoms. The van der Waals surface area contributed by atoms with E-state index in [1.54, 1.807) is 19.1 Å². The van der Waals surface area contributed by atoms with Crippen LogP contribution in [0.25, 0.3) is 16.7 Å². The van der Waals surface area contributed by atoms with E-state index in [-0.39, 0.29) is 47.0 Å². The molecule has 1 N–H and O–H groups in total. The Morgan fingerprint density at radius 3 is 2.25 bits per heavy atom. The molecule has 1 aliphatic rings. The fraction of sp³-hybridized carbons (Fsp3) is 0.429. The lowest BCUT2D eigenvalue weighted by Crippen LogP contribution is -2.40. The Bertz CT molecular complexity index is 1120. The zero-order valence-electron chi connectivity index (χ0n) is 16.4. The monoisotopic (exact) mass is 384 g/mol. The first-order chi connectivity index (χ1) is 13.3. The predicted molar refractivity (Wildman–Crippen MR) is 107 cm³/mol. The maximum atomic E-state index is 13.0. The van der Waals surface area contributed by atoms with Crippen LogP contribution in [0.3, 0.4) is 0 Å². The number of aliphatic hydroxyl groups excluding tert-OH is 1. The molecule has 7 nitrogen and oxygen atoms in total. The number of rotatable bonds is 4. The third-order valence-electron chi connectivity index (χ3n) is 5.28. The number of aliphatic hydroxyl groups is 1. The molecule has 0 spiro atoms. The van der Waals surface area contributed by atoms with Crippen molar-refractivity contribution in [3.8, 4) is 0 Å². The summed E-state index contributed by atoms with van der Waals surface area (Å²) in [6.45, 7) is 6.05. The van der Waals surface area contributed by atoms with Crippen LogP contribution < -0.4 is 11.2 Å². The van der Waals surface area contributed by atoms with E-state index in [1.807, 2.05) is 13.8 Å². The van der Waals surface area contributed by atoms with Gasteiger partial charge in [-0.25, -0.2) is 4.79 Å². The van der Waals surface area contributed by atoms with Crippen molar-refractivity contribution in [2.45, 2.75) is 59.5 Å². The number of nitrogens with zero attached hydrogens (tertiary/aromatic N) is 2. The first kappa shape index (κ1) is 19.8. The lowest BCUT2D eigenvalue weighted by molar-refractivity contribution is -0.123. The van der Waals surface area contributed by atoms with Crippen molar-refractivity contribution in [1.29, 1.82) is 0 Å². The summed E-state index contributed by atoms with van der Waals surface area (Å²) < 4.78 is 2.72. The minimum absolute atomic E-state index is 0.189. The van der Waals surface area contributed by atoms with Gasteiger partial charge in [0.05, 0.1) is 10.9 Å². The molecular formula is C21H24N2O5. The molecule has 1 aliphatic carbocycles. The van der Waals surface area contributed by atoms with Gasteiger partial charge < -0.3 is 5.11 Å². The van der Waals surface area contributed by atoms with Gasteiger partial charge >= 0.3 is 5.69 Å². The smallest absolute Gasteiger partial charge is 0.331 e. The maximum absolute atomic E-state index is 13.0. The van der Waals surface area contributed by atoms with E-state index in [1.165, 1.54) is 9.13 Å². The van der Waals surface area contributed by atoms with Crippen molar-refractivity contribution in [3.63, 3.8) is 0 Å². The standard InChI is InChI=1S/C21H24N2O5/c1-4-11-23-20(27)17-12(3)13(9-10-14(17)22(5-2)21(23)28)19(26)18-15(24)7-6-8-16(18)25/h9-10,26H,4-8,11H2,1-3H3. The average Bonchev–Trinajstić information content (AvgIpc) is 2.65. The second-order valence-corrected chi connectivity index (χ2v) is 7.04. The van der Waals surface area contributed by atoms with Crippen molar-refractivity contribution >= 4 is 28.2 Å². The summed E-state index contributed by atoms with van der Waals surface area (Å²) in [7, 11) is 0. The second kappa shape index (κ2) is 7.58. The zero-order chi connectivity index (χ0) is 20.6. The van der Waals surface area contributed by atoms with Crippen molar-refractivity contribution in [2.24, 2.45) is 0 Å². The minimum atomic E-state index is -0.426. The topological polar surface area (TPSA) is 98.4 Å². The van der Waals surface area contributed by atoms with Gasteiger partial charge in [-0.3, -0.25) is 23.5 Å². The Morgan fingerprint density at radius 1 is 1.04 bits per heavy atom. The Balaban J connectivity index is 2.38. The molecule has 0 unspecified atom stereocenters. The lowest BCUT2D eigenvalue weighted by Gasteiger charge is -2.18. The first-order valence-corrected chi connectivity index (χ1v) is 9.60. The molecule has 28 heavy (non-hydrogen) atoms. The number of fused-ring (bicyclic) bond motifs is 1. The van der Waals surface area contributed by atoms with E-state index in [0.29, 0.717) is 42.4 Å². The SMILES string of the molecule is CCCn1c(=O)c2c(C)c(C(O)=C3C(=O)CCCC3=O)ccc2n(CC)c1=O. The third kappa shape index (κ3) is 3.00. The van der Waals surface area contributed by atoms with Gasteiger partial charge in [-0.1, -0.05) is 6.92 Å². The summed E-state index contributed by atoms with van der Waals surface area (Å²) in [6, 6.07) is 3.15. The Hall–Kier alpha value is -2.96. The highest BCUT2D eigenvalue weighted by Gasteiger charge is 2.28. The van der Waals surface area contributed by atoms with Crippen LogP contribution in [-0.4, -0.2) is 25.8 Å². The van der Waals surface area contributed by atoms with E-state index < -0.39 is 5.56 Å². The summed E-state index contributed by atoms with van der Waals surface area (Å²) in [4.78, 5) is 50.1. The van der Waals surface area contributed by atoms with Crippen LogP contribution in [-0.2, 0) is 22.7 Å². The van der Waals surface area contributed by atoms with Crippen LogP contribution in [0.5, 0.6) is 0 Å². The van der Waals surface area contributed by atoms with E-state index in [0.717, 1.165) is 0 Å². The second-order valence-electron chi connectivity index (χ2n) is 7.04. The summed E-state index contributed by atoms with van der Waals surface area (Å²) in [5, 5.41) is 11.0. The van der Waals surface area contributed by atoms with E-state index in [4.69, 9.17) is 0 Å². The quantitative estimate of drug-likeness (QED) is 0.496. The molecule has 2 aromatic rings. The number of hydrogen-bond acceptors (Lipinski definition) is 5. The van der Waals surface area contributed by atoms with E-state index >= 15 is 0 Å². The summed E-state index contributed by atoms with van der Waals surface area (Å²) in [5.41, 5.74) is 0.217. The number of ketones is 2. The van der Waals surface area contributed by atoms with Gasteiger partial charge in [-0.2, -0.15) is 0 Å². The first-order valence-electron chi connectivity index (χ1n) is 9.60. The van der Waals surface area contributed by atoms with Crippen LogP contribution in [0.15, 0.2) is 27.3 Å². The van der Waals surface area contributed by atoms with Crippen molar-refractivity contribution in [3.05, 3.63) is 49.7 Å². The molecule has 0 amide bonds. The van der Waals surface area contributed by atoms with Crippen LogP contribution in [0, 0.1) is 6.92 Å². The van der Waals surface area contributed by atoms with Gasteiger partial charge in [-0.05, 0) is 44.4 Å². The van der Waals surface area contributed by atoms with Gasteiger partial charge in [0.25, 0.3) is 5.56 Å². The molecule has 1 aromatic heterocycles. The largest absolute Gasteiger partial charge is 0.506 e. The summed E-state index contributed by atoms with van der Waals surface area (Å²) in [6.07, 6.45) is 1.55. The van der Waals surface area contributed by atoms with Gasteiger partial charge in [-0.15, -0.1) is 0 Å². The predicted octanol–water partition coefficient (Wildman–Crippen LogP) is 2.49. The average molecular weight is 384 g/mol. The highest BCUT2D eigenvalue weighted by molar-refractivity contribution is 6.25. The fourth-order valence-corrected chi connectivity index (χ4v) is 3.86. The fourth-order valence-electron chi connectivity index (χ4n) is 3.86. The normalized spacial score (nSPS) is 14.8. The Kier molecular flexibility index (Phi) is 5.36. The highest BCUT2D eigenvalue weighted by Crippen LogP contribution is 2.29. The van der Waals surface area contributed by atoms with Crippen LogP contribution >= 0.6 is 0 Å². The Morgan fingerprint density at radius 2 is 1.68 bits per heavy atom. The number of Topliss-reactive ketones (excluding diaryl/α,β-unsaturated/α-hetero) is 2. The zero-order valence-corrected chi connectivity index (χ0v) is 16.4. The number of aromatic nitrogens is 2. The molecule has 0 radical (unpaired) electrons. The number of carbonyl (C=O) groups excluding carboxylic acids is 2. The molecule has 7 heteroatoms. The summed E-state index contributed by atoms with van der Waals surface area (Å²) in [5.74, 6) is -1.14. The maximum Gasteiger partial charge on any atom is 0.331 e. The van der Waals surface area contributed by atoms with Crippen LogP contribution in [0.4, 0.5) is 0 Å². The molecular weight excluding hydrogens is 360 g/mol.